The van der Waals surface area contributed by atoms with Crippen LogP contribution in [0.5, 0.6) is 0 Å². The Morgan fingerprint density at radius 2 is 2.04 bits per heavy atom. The van der Waals surface area contributed by atoms with Crippen molar-refractivity contribution in [1.29, 1.82) is 0 Å². The Kier molecular flexibility index (Phi) is 5.35. The quantitative estimate of drug-likeness (QED) is 0.865. The first-order chi connectivity index (χ1) is 11.7. The van der Waals surface area contributed by atoms with Gasteiger partial charge >= 0.3 is 0 Å². The van der Waals surface area contributed by atoms with Crippen LogP contribution in [0.15, 0.2) is 41.9 Å². The van der Waals surface area contributed by atoms with E-state index in [9.17, 15) is 9.59 Å². The predicted octanol–water partition coefficient (Wildman–Crippen LogP) is 2.27. The molecule has 0 unspecified atom stereocenters. The number of carbonyl (C=O) groups excluding carboxylic acids is 2. The van der Waals surface area contributed by atoms with Gasteiger partial charge < -0.3 is 15.0 Å². The van der Waals surface area contributed by atoms with Crippen molar-refractivity contribution in [2.45, 2.75) is 0 Å². The maximum absolute atomic E-state index is 12.6. The molecule has 0 radical (unpaired) electrons. The van der Waals surface area contributed by atoms with Crippen molar-refractivity contribution in [3.8, 4) is 0 Å². The molecule has 2 aromatic rings. The van der Waals surface area contributed by atoms with Crippen molar-refractivity contribution >= 4 is 34.9 Å². The molecule has 7 heteroatoms. The van der Waals surface area contributed by atoms with Crippen molar-refractivity contribution in [1.82, 2.24) is 9.88 Å². The Balaban J connectivity index is 1.71. The first-order valence-electron chi connectivity index (χ1n) is 7.58. The van der Waals surface area contributed by atoms with Crippen LogP contribution < -0.4 is 5.32 Å². The lowest BCUT2D eigenvalue weighted by Gasteiger charge is -2.27. The zero-order chi connectivity index (χ0) is 16.8. The zero-order valence-electron chi connectivity index (χ0n) is 13.0. The van der Waals surface area contributed by atoms with Crippen molar-refractivity contribution in [2.24, 2.45) is 0 Å². The molecule has 1 saturated heterocycles. The molecule has 2 amide bonds. The van der Waals surface area contributed by atoms with E-state index in [2.05, 4.69) is 10.3 Å². The number of thiazole rings is 1. The van der Waals surface area contributed by atoms with E-state index >= 15 is 0 Å². The molecule has 1 aromatic heterocycles. The SMILES string of the molecule is O=C(/C=C\c1nccs1)Nc1ccccc1C(=O)N1CCOCC1. The van der Waals surface area contributed by atoms with Crippen LogP contribution in [0.4, 0.5) is 5.69 Å². The van der Waals surface area contributed by atoms with E-state index in [1.807, 2.05) is 5.38 Å². The third-order valence-corrected chi connectivity index (χ3v) is 4.28. The van der Waals surface area contributed by atoms with Crippen molar-refractivity contribution < 1.29 is 14.3 Å². The molecule has 0 aliphatic carbocycles. The highest BCUT2D eigenvalue weighted by Gasteiger charge is 2.21. The summed E-state index contributed by atoms with van der Waals surface area (Å²) in [5.74, 6) is -0.398. The third kappa shape index (κ3) is 4.06. The third-order valence-electron chi connectivity index (χ3n) is 3.54. The number of ether oxygens (including phenoxy) is 1. The molecule has 6 nitrogen and oxygen atoms in total. The molecule has 1 fully saturated rings. The molecule has 124 valence electrons. The van der Waals surface area contributed by atoms with Crippen LogP contribution in [0.2, 0.25) is 0 Å². The molecule has 1 N–H and O–H groups in total. The largest absolute Gasteiger partial charge is 0.378 e. The van der Waals surface area contributed by atoms with Gasteiger partial charge in [-0.3, -0.25) is 9.59 Å². The smallest absolute Gasteiger partial charge is 0.256 e. The predicted molar refractivity (Wildman–Crippen MR) is 92.9 cm³/mol. The fourth-order valence-corrected chi connectivity index (χ4v) is 2.88. The Bertz CT molecular complexity index is 737. The standard InChI is InChI=1S/C17H17N3O3S/c21-15(5-6-16-18-7-12-24-16)19-14-4-2-1-3-13(14)17(22)20-8-10-23-11-9-20/h1-7,12H,8-11H2,(H,19,21)/b6-5-. The number of carbonyl (C=O) groups is 2. The normalized spacial score (nSPS) is 14.8. The van der Waals surface area contributed by atoms with Gasteiger partial charge in [0.05, 0.1) is 24.5 Å². The van der Waals surface area contributed by atoms with Gasteiger partial charge in [-0.2, -0.15) is 0 Å². The second-order valence-corrected chi connectivity index (χ2v) is 6.07. The fourth-order valence-electron chi connectivity index (χ4n) is 2.35. The van der Waals surface area contributed by atoms with Crippen LogP contribution in [0.25, 0.3) is 6.08 Å². The van der Waals surface area contributed by atoms with Crippen LogP contribution in [0.3, 0.4) is 0 Å². The topological polar surface area (TPSA) is 71.5 Å². The summed E-state index contributed by atoms with van der Waals surface area (Å²) < 4.78 is 5.27. The summed E-state index contributed by atoms with van der Waals surface area (Å²) in [6.45, 7) is 2.20. The molecule has 3 rings (SSSR count). The molecular weight excluding hydrogens is 326 g/mol. The summed E-state index contributed by atoms with van der Waals surface area (Å²) in [4.78, 5) is 30.5. The number of anilines is 1. The summed E-state index contributed by atoms with van der Waals surface area (Å²) >= 11 is 1.45. The number of hydrogen-bond acceptors (Lipinski definition) is 5. The Hall–Kier alpha value is -2.51. The number of morpholine rings is 1. The molecule has 0 bridgehead atoms. The lowest BCUT2D eigenvalue weighted by molar-refractivity contribution is -0.111. The van der Waals surface area contributed by atoms with E-state index in [4.69, 9.17) is 4.74 Å². The number of rotatable bonds is 4. The highest BCUT2D eigenvalue weighted by Crippen LogP contribution is 2.18. The van der Waals surface area contributed by atoms with Gasteiger partial charge in [-0.1, -0.05) is 12.1 Å². The molecular formula is C17H17N3O3S. The molecule has 1 aliphatic rings. The number of para-hydroxylation sites is 1. The van der Waals surface area contributed by atoms with Crippen molar-refractivity contribution in [2.75, 3.05) is 31.6 Å². The zero-order valence-corrected chi connectivity index (χ0v) is 13.8. The van der Waals surface area contributed by atoms with E-state index in [1.165, 1.54) is 17.4 Å². The number of hydrogen-bond donors (Lipinski definition) is 1. The van der Waals surface area contributed by atoms with Crippen LogP contribution in [-0.4, -0.2) is 48.0 Å². The Morgan fingerprint density at radius 3 is 2.79 bits per heavy atom. The van der Waals surface area contributed by atoms with E-state index in [0.717, 1.165) is 5.01 Å². The lowest BCUT2D eigenvalue weighted by Crippen LogP contribution is -2.41. The maximum atomic E-state index is 12.6. The Morgan fingerprint density at radius 1 is 1.25 bits per heavy atom. The molecule has 24 heavy (non-hydrogen) atoms. The molecule has 1 aromatic carbocycles. The minimum atomic E-state index is -0.299. The monoisotopic (exact) mass is 343 g/mol. The van der Waals surface area contributed by atoms with E-state index in [-0.39, 0.29) is 11.8 Å². The van der Waals surface area contributed by atoms with Crippen LogP contribution in [0, 0.1) is 0 Å². The van der Waals surface area contributed by atoms with Gasteiger partial charge in [-0.05, 0) is 18.2 Å². The first kappa shape index (κ1) is 16.4. The number of amides is 2. The molecule has 0 spiro atoms. The summed E-state index contributed by atoms with van der Waals surface area (Å²) in [6, 6.07) is 7.02. The van der Waals surface area contributed by atoms with Crippen LogP contribution >= 0.6 is 11.3 Å². The number of aromatic nitrogens is 1. The van der Waals surface area contributed by atoms with Crippen molar-refractivity contribution in [3.05, 3.63) is 52.5 Å². The van der Waals surface area contributed by atoms with Crippen molar-refractivity contribution in [3.63, 3.8) is 0 Å². The number of nitrogens with zero attached hydrogens (tertiary/aromatic N) is 2. The van der Waals surface area contributed by atoms with Gasteiger partial charge in [0.2, 0.25) is 5.91 Å². The summed E-state index contributed by atoms with van der Waals surface area (Å²) in [5.41, 5.74) is 0.984. The summed E-state index contributed by atoms with van der Waals surface area (Å²) in [7, 11) is 0. The summed E-state index contributed by atoms with van der Waals surface area (Å²) in [5, 5.41) is 5.36. The molecule has 0 atom stereocenters. The summed E-state index contributed by atoms with van der Waals surface area (Å²) in [6.07, 6.45) is 4.74. The lowest BCUT2D eigenvalue weighted by atomic mass is 10.1. The number of nitrogens with one attached hydrogen (secondary N) is 1. The van der Waals surface area contributed by atoms with E-state index < -0.39 is 0 Å². The average molecular weight is 343 g/mol. The maximum Gasteiger partial charge on any atom is 0.256 e. The van der Waals surface area contributed by atoms with Gasteiger partial charge in [-0.15, -0.1) is 11.3 Å². The van der Waals surface area contributed by atoms with Gasteiger partial charge in [0.15, 0.2) is 0 Å². The first-order valence-corrected chi connectivity index (χ1v) is 8.46. The number of benzene rings is 1. The Labute approximate surface area is 143 Å². The highest BCUT2D eigenvalue weighted by molar-refractivity contribution is 7.10. The molecule has 1 aliphatic heterocycles. The average Bonchev–Trinajstić information content (AvgIpc) is 3.14. The van der Waals surface area contributed by atoms with Crippen LogP contribution in [-0.2, 0) is 9.53 Å². The highest BCUT2D eigenvalue weighted by atomic mass is 32.1. The van der Waals surface area contributed by atoms with Crippen LogP contribution in [0.1, 0.15) is 15.4 Å². The van der Waals surface area contributed by atoms with Gasteiger partial charge in [0, 0.05) is 30.7 Å². The minimum Gasteiger partial charge on any atom is -0.378 e. The minimum absolute atomic E-state index is 0.0990. The van der Waals surface area contributed by atoms with E-state index in [1.54, 1.807) is 41.4 Å². The van der Waals surface area contributed by atoms with Gasteiger partial charge in [0.25, 0.3) is 5.91 Å². The second-order valence-electron chi connectivity index (χ2n) is 5.14. The molecule has 0 saturated carbocycles. The van der Waals surface area contributed by atoms with Gasteiger partial charge in [0.1, 0.15) is 5.01 Å². The van der Waals surface area contributed by atoms with E-state index in [0.29, 0.717) is 37.6 Å². The van der Waals surface area contributed by atoms with Gasteiger partial charge in [-0.25, -0.2) is 4.98 Å². The second kappa shape index (κ2) is 7.85. The fraction of sp³-hybridized carbons (Fsp3) is 0.235. The molecule has 2 heterocycles.